The molecular formula is C11H19N3O. The molecule has 4 nitrogen and oxygen atoms in total. The van der Waals surface area contributed by atoms with Gasteiger partial charge in [-0.15, -0.1) is 0 Å². The Morgan fingerprint density at radius 3 is 2.67 bits per heavy atom. The molecule has 0 unspecified atom stereocenters. The Balaban J connectivity index is 1.97. The van der Waals surface area contributed by atoms with Crippen LogP contribution in [0.3, 0.4) is 0 Å². The molecule has 2 rings (SSSR count). The van der Waals surface area contributed by atoms with E-state index in [1.807, 2.05) is 14.0 Å². The lowest BCUT2D eigenvalue weighted by Crippen LogP contribution is -2.11. The Morgan fingerprint density at radius 2 is 2.13 bits per heavy atom. The highest BCUT2D eigenvalue weighted by atomic mass is 16.5. The first-order chi connectivity index (χ1) is 7.18. The largest absolute Gasteiger partial charge is 0.476 e. The van der Waals surface area contributed by atoms with E-state index in [0.717, 1.165) is 18.2 Å². The minimum atomic E-state index is 0.676. The maximum Gasteiger partial charge on any atom is 0.235 e. The van der Waals surface area contributed by atoms with Gasteiger partial charge < -0.3 is 10.5 Å². The van der Waals surface area contributed by atoms with Crippen LogP contribution in [0.2, 0.25) is 0 Å². The van der Waals surface area contributed by atoms with Gasteiger partial charge in [-0.05, 0) is 25.7 Å². The summed E-state index contributed by atoms with van der Waals surface area (Å²) in [4.78, 5) is 0. The molecule has 0 spiro atoms. The van der Waals surface area contributed by atoms with E-state index in [9.17, 15) is 0 Å². The normalized spacial score (nSPS) is 17.2. The van der Waals surface area contributed by atoms with Gasteiger partial charge in [0.05, 0.1) is 12.3 Å². The Hall–Kier alpha value is -1.19. The molecule has 1 saturated carbocycles. The molecule has 84 valence electrons. The SMILES string of the molecule is Cc1nn(C)c(OCC2CCCC2)c1N. The molecule has 0 radical (unpaired) electrons. The van der Waals surface area contributed by atoms with Crippen LogP contribution in [0.25, 0.3) is 0 Å². The number of rotatable bonds is 3. The lowest BCUT2D eigenvalue weighted by Gasteiger charge is -2.11. The molecule has 1 aromatic heterocycles. The van der Waals surface area contributed by atoms with Crippen molar-refractivity contribution in [2.24, 2.45) is 13.0 Å². The van der Waals surface area contributed by atoms with Crippen LogP contribution < -0.4 is 10.5 Å². The highest BCUT2D eigenvalue weighted by Gasteiger charge is 2.18. The van der Waals surface area contributed by atoms with E-state index in [1.165, 1.54) is 25.7 Å². The van der Waals surface area contributed by atoms with Crippen molar-refractivity contribution in [1.82, 2.24) is 9.78 Å². The standard InChI is InChI=1S/C11H19N3O/c1-8-10(12)11(14(2)13-8)15-7-9-5-3-4-6-9/h9H,3-7,12H2,1-2H3. The van der Waals surface area contributed by atoms with Crippen molar-refractivity contribution in [1.29, 1.82) is 0 Å². The molecule has 1 aromatic rings. The fraction of sp³-hybridized carbons (Fsp3) is 0.727. The minimum absolute atomic E-state index is 0.676. The van der Waals surface area contributed by atoms with E-state index in [0.29, 0.717) is 11.6 Å². The van der Waals surface area contributed by atoms with Crippen LogP contribution >= 0.6 is 0 Å². The third-order valence-electron chi connectivity index (χ3n) is 3.14. The van der Waals surface area contributed by atoms with Crippen molar-refractivity contribution < 1.29 is 4.74 Å². The molecule has 0 saturated heterocycles. The Labute approximate surface area is 90.4 Å². The van der Waals surface area contributed by atoms with Crippen molar-refractivity contribution in [3.8, 4) is 5.88 Å². The van der Waals surface area contributed by atoms with Gasteiger partial charge in [-0.1, -0.05) is 12.8 Å². The summed E-state index contributed by atoms with van der Waals surface area (Å²) in [6.45, 7) is 2.68. The second-order valence-electron chi connectivity index (χ2n) is 4.39. The first kappa shape index (κ1) is 10.3. The molecule has 1 fully saturated rings. The van der Waals surface area contributed by atoms with Crippen molar-refractivity contribution in [3.05, 3.63) is 5.69 Å². The second-order valence-corrected chi connectivity index (χ2v) is 4.39. The molecule has 0 aromatic carbocycles. The molecule has 1 aliphatic carbocycles. The summed E-state index contributed by atoms with van der Waals surface area (Å²) in [5.41, 5.74) is 7.40. The van der Waals surface area contributed by atoms with E-state index in [4.69, 9.17) is 10.5 Å². The number of nitrogen functional groups attached to an aromatic ring is 1. The van der Waals surface area contributed by atoms with Crippen LogP contribution in [-0.4, -0.2) is 16.4 Å². The average Bonchev–Trinajstić information content (AvgIpc) is 2.76. The van der Waals surface area contributed by atoms with Crippen molar-refractivity contribution in [2.75, 3.05) is 12.3 Å². The van der Waals surface area contributed by atoms with Gasteiger partial charge in [0.2, 0.25) is 5.88 Å². The van der Waals surface area contributed by atoms with Gasteiger partial charge in [-0.3, -0.25) is 0 Å². The summed E-state index contributed by atoms with van der Waals surface area (Å²) in [6, 6.07) is 0. The summed E-state index contributed by atoms with van der Waals surface area (Å²) in [5.74, 6) is 1.43. The topological polar surface area (TPSA) is 53.1 Å². The Morgan fingerprint density at radius 1 is 1.47 bits per heavy atom. The van der Waals surface area contributed by atoms with Gasteiger partial charge in [0.1, 0.15) is 5.69 Å². The second kappa shape index (κ2) is 4.13. The van der Waals surface area contributed by atoms with Gasteiger partial charge in [0.25, 0.3) is 0 Å². The average molecular weight is 209 g/mol. The molecule has 4 heteroatoms. The summed E-state index contributed by atoms with van der Waals surface area (Å²) >= 11 is 0. The predicted molar refractivity (Wildman–Crippen MR) is 59.8 cm³/mol. The zero-order chi connectivity index (χ0) is 10.8. The fourth-order valence-electron chi connectivity index (χ4n) is 2.20. The van der Waals surface area contributed by atoms with E-state index in [1.54, 1.807) is 4.68 Å². The van der Waals surface area contributed by atoms with Gasteiger partial charge in [-0.25, -0.2) is 4.68 Å². The van der Waals surface area contributed by atoms with Gasteiger partial charge >= 0.3 is 0 Å². The number of nitrogens with two attached hydrogens (primary N) is 1. The minimum Gasteiger partial charge on any atom is -0.476 e. The molecule has 0 amide bonds. The maximum atomic E-state index is 5.88. The number of aryl methyl sites for hydroxylation is 2. The lowest BCUT2D eigenvalue weighted by molar-refractivity contribution is 0.235. The monoisotopic (exact) mass is 209 g/mol. The van der Waals surface area contributed by atoms with Gasteiger partial charge in [0.15, 0.2) is 0 Å². The molecule has 2 N–H and O–H groups in total. The van der Waals surface area contributed by atoms with Crippen LogP contribution in [0, 0.1) is 12.8 Å². The van der Waals surface area contributed by atoms with E-state index in [-0.39, 0.29) is 0 Å². The molecule has 0 aliphatic heterocycles. The highest BCUT2D eigenvalue weighted by Crippen LogP contribution is 2.28. The summed E-state index contributed by atoms with van der Waals surface area (Å²) in [6.07, 6.45) is 5.26. The summed E-state index contributed by atoms with van der Waals surface area (Å²) < 4.78 is 7.47. The molecular weight excluding hydrogens is 190 g/mol. The third-order valence-corrected chi connectivity index (χ3v) is 3.14. The highest BCUT2D eigenvalue weighted by molar-refractivity contribution is 5.52. The molecule has 1 heterocycles. The van der Waals surface area contributed by atoms with Crippen molar-refractivity contribution in [2.45, 2.75) is 32.6 Å². The number of nitrogens with zero attached hydrogens (tertiary/aromatic N) is 2. The first-order valence-corrected chi connectivity index (χ1v) is 5.60. The summed E-state index contributed by atoms with van der Waals surface area (Å²) in [7, 11) is 1.87. The molecule has 15 heavy (non-hydrogen) atoms. The third kappa shape index (κ3) is 2.08. The number of aromatic nitrogens is 2. The van der Waals surface area contributed by atoms with Crippen molar-refractivity contribution in [3.63, 3.8) is 0 Å². The van der Waals surface area contributed by atoms with Crippen LogP contribution in [-0.2, 0) is 7.05 Å². The molecule has 0 atom stereocenters. The van der Waals surface area contributed by atoms with E-state index in [2.05, 4.69) is 5.10 Å². The Bertz CT molecular complexity index is 340. The zero-order valence-electron chi connectivity index (χ0n) is 9.49. The fourth-order valence-corrected chi connectivity index (χ4v) is 2.20. The van der Waals surface area contributed by atoms with Gasteiger partial charge in [-0.2, -0.15) is 5.10 Å². The molecule has 1 aliphatic rings. The van der Waals surface area contributed by atoms with Crippen LogP contribution in [0.5, 0.6) is 5.88 Å². The number of hydrogen-bond acceptors (Lipinski definition) is 3. The smallest absolute Gasteiger partial charge is 0.235 e. The first-order valence-electron chi connectivity index (χ1n) is 5.60. The van der Waals surface area contributed by atoms with Gasteiger partial charge in [0, 0.05) is 7.05 Å². The number of hydrogen-bond donors (Lipinski definition) is 1. The number of ether oxygens (including phenoxy) is 1. The Kier molecular flexibility index (Phi) is 2.84. The van der Waals surface area contributed by atoms with E-state index < -0.39 is 0 Å². The lowest BCUT2D eigenvalue weighted by atomic mass is 10.1. The van der Waals surface area contributed by atoms with Crippen LogP contribution in [0.1, 0.15) is 31.4 Å². The zero-order valence-corrected chi connectivity index (χ0v) is 9.49. The number of anilines is 1. The van der Waals surface area contributed by atoms with Crippen LogP contribution in [0.4, 0.5) is 5.69 Å². The van der Waals surface area contributed by atoms with E-state index >= 15 is 0 Å². The predicted octanol–water partition coefficient (Wildman–Crippen LogP) is 1.88. The van der Waals surface area contributed by atoms with Crippen LogP contribution in [0.15, 0.2) is 0 Å². The summed E-state index contributed by atoms with van der Waals surface area (Å²) in [5, 5.41) is 4.22. The quantitative estimate of drug-likeness (QED) is 0.827. The maximum absolute atomic E-state index is 5.88. The van der Waals surface area contributed by atoms with Crippen molar-refractivity contribution >= 4 is 5.69 Å². The molecule has 0 bridgehead atoms.